The van der Waals surface area contributed by atoms with E-state index < -0.39 is 0 Å². The zero-order chi connectivity index (χ0) is 17.5. The molecule has 0 spiro atoms. The number of aliphatic imine (C=N–C) groups is 1. The minimum Gasteiger partial charge on any atom is -0.497 e. The second-order valence-corrected chi connectivity index (χ2v) is 6.73. The molecule has 1 aromatic rings. The minimum absolute atomic E-state index is 0. The number of halogens is 1. The smallest absolute Gasteiger partial charge is 0.191 e. The molecule has 0 saturated carbocycles. The van der Waals surface area contributed by atoms with E-state index in [0.29, 0.717) is 6.04 Å². The van der Waals surface area contributed by atoms with Gasteiger partial charge >= 0.3 is 0 Å². The molecule has 0 amide bonds. The van der Waals surface area contributed by atoms with Crippen LogP contribution in [-0.4, -0.2) is 81.3 Å². The van der Waals surface area contributed by atoms with Crippen LogP contribution in [0.15, 0.2) is 29.3 Å². The molecule has 0 aliphatic carbocycles. The topological polar surface area (TPSA) is 52.1 Å². The average Bonchev–Trinajstić information content (AvgIpc) is 2.67. The average molecular weight is 473 g/mol. The minimum atomic E-state index is 0. The van der Waals surface area contributed by atoms with E-state index in [1.54, 1.807) is 7.11 Å². The number of piperazine rings is 3. The molecule has 4 rings (SSSR count). The lowest BCUT2D eigenvalue weighted by Crippen LogP contribution is -2.62. The predicted molar refractivity (Wildman–Crippen MR) is 118 cm³/mol. The molecule has 3 aliphatic rings. The first-order chi connectivity index (χ1) is 12.3. The van der Waals surface area contributed by atoms with Crippen LogP contribution >= 0.6 is 24.0 Å². The van der Waals surface area contributed by atoms with Gasteiger partial charge in [-0.2, -0.15) is 0 Å². The first kappa shape index (κ1) is 21.2. The van der Waals surface area contributed by atoms with Crippen molar-refractivity contribution in [2.75, 3.05) is 59.5 Å². The zero-order valence-corrected chi connectivity index (χ0v) is 18.2. The summed E-state index contributed by atoms with van der Waals surface area (Å²) in [6.45, 7) is 10.7. The van der Waals surface area contributed by atoms with Gasteiger partial charge in [-0.25, -0.2) is 0 Å². The molecule has 3 heterocycles. The zero-order valence-electron chi connectivity index (χ0n) is 15.9. The molecule has 1 unspecified atom stereocenters. The molecule has 2 bridgehead atoms. The third-order valence-corrected chi connectivity index (χ3v) is 5.06. The first-order valence-corrected chi connectivity index (χ1v) is 9.40. The molecule has 7 heteroatoms. The van der Waals surface area contributed by atoms with Crippen LogP contribution in [0.3, 0.4) is 0 Å². The first-order valence-electron chi connectivity index (χ1n) is 9.40. The van der Waals surface area contributed by atoms with Crippen LogP contribution in [0.4, 0.5) is 0 Å². The van der Waals surface area contributed by atoms with Gasteiger partial charge in [-0.3, -0.25) is 14.8 Å². The molecule has 1 aromatic carbocycles. The van der Waals surface area contributed by atoms with Crippen LogP contribution in [0.1, 0.15) is 12.5 Å². The van der Waals surface area contributed by atoms with Crippen molar-refractivity contribution in [2.24, 2.45) is 4.99 Å². The number of ether oxygens (including phenoxy) is 1. The highest BCUT2D eigenvalue weighted by Crippen LogP contribution is 2.15. The normalized spacial score (nSPS) is 24.7. The largest absolute Gasteiger partial charge is 0.497 e. The summed E-state index contributed by atoms with van der Waals surface area (Å²) in [5.74, 6) is 1.83. The Balaban J connectivity index is 0.00000243. The Morgan fingerprint density at radius 1 is 1.15 bits per heavy atom. The Morgan fingerprint density at radius 2 is 1.88 bits per heavy atom. The van der Waals surface area contributed by atoms with Crippen molar-refractivity contribution >= 4 is 29.9 Å². The summed E-state index contributed by atoms with van der Waals surface area (Å²) < 4.78 is 5.20. The number of nitrogens with one attached hydrogen (secondary N) is 2. The lowest BCUT2D eigenvalue weighted by atomic mass is 10.1. The van der Waals surface area contributed by atoms with E-state index in [-0.39, 0.29) is 24.0 Å². The number of fused-ring (bicyclic) bond motifs is 3. The summed E-state index contributed by atoms with van der Waals surface area (Å²) >= 11 is 0. The van der Waals surface area contributed by atoms with Crippen molar-refractivity contribution in [3.05, 3.63) is 29.8 Å². The van der Waals surface area contributed by atoms with Gasteiger partial charge in [-0.05, 0) is 31.0 Å². The Hall–Kier alpha value is -1.06. The molecule has 146 valence electrons. The SMILES string of the molecule is CCNC(=NCC1CN2CCN1CC2)NCCc1ccc(OC)cc1.I. The molecular weight excluding hydrogens is 441 g/mol. The maximum Gasteiger partial charge on any atom is 0.191 e. The second-order valence-electron chi connectivity index (χ2n) is 6.73. The van der Waals surface area contributed by atoms with Gasteiger partial charge in [0.25, 0.3) is 0 Å². The van der Waals surface area contributed by atoms with E-state index in [9.17, 15) is 0 Å². The van der Waals surface area contributed by atoms with Gasteiger partial charge in [0.2, 0.25) is 0 Å². The predicted octanol–water partition coefficient (Wildman–Crippen LogP) is 1.41. The summed E-state index contributed by atoms with van der Waals surface area (Å²) in [6.07, 6.45) is 0.970. The number of methoxy groups -OCH3 is 1. The molecule has 3 aliphatic heterocycles. The summed E-state index contributed by atoms with van der Waals surface area (Å²) in [7, 11) is 1.70. The van der Waals surface area contributed by atoms with Gasteiger partial charge in [0, 0.05) is 51.9 Å². The van der Waals surface area contributed by atoms with E-state index in [1.807, 2.05) is 12.1 Å². The van der Waals surface area contributed by atoms with Crippen LogP contribution in [0.25, 0.3) is 0 Å². The van der Waals surface area contributed by atoms with Gasteiger partial charge in [0.05, 0.1) is 13.7 Å². The van der Waals surface area contributed by atoms with Gasteiger partial charge < -0.3 is 15.4 Å². The lowest BCUT2D eigenvalue weighted by molar-refractivity contribution is 0.0174. The fourth-order valence-electron chi connectivity index (χ4n) is 3.55. The van der Waals surface area contributed by atoms with E-state index in [4.69, 9.17) is 9.73 Å². The molecular formula is C19H32IN5O. The highest BCUT2D eigenvalue weighted by molar-refractivity contribution is 14.0. The Morgan fingerprint density at radius 3 is 2.46 bits per heavy atom. The highest BCUT2D eigenvalue weighted by Gasteiger charge is 2.31. The van der Waals surface area contributed by atoms with Crippen LogP contribution in [0.2, 0.25) is 0 Å². The molecule has 0 radical (unpaired) electrons. The fraction of sp³-hybridized carbons (Fsp3) is 0.632. The van der Waals surface area contributed by atoms with Gasteiger partial charge in [-0.1, -0.05) is 12.1 Å². The van der Waals surface area contributed by atoms with E-state index in [2.05, 4.69) is 39.5 Å². The summed E-state index contributed by atoms with van der Waals surface area (Å²) in [5, 5.41) is 6.81. The van der Waals surface area contributed by atoms with Crippen molar-refractivity contribution in [3.8, 4) is 5.75 Å². The quantitative estimate of drug-likeness (QED) is 0.357. The van der Waals surface area contributed by atoms with Crippen molar-refractivity contribution < 1.29 is 4.74 Å². The molecule has 6 nitrogen and oxygen atoms in total. The lowest BCUT2D eigenvalue weighted by Gasteiger charge is -2.47. The molecule has 3 saturated heterocycles. The Labute approximate surface area is 174 Å². The van der Waals surface area contributed by atoms with E-state index in [0.717, 1.165) is 44.3 Å². The maximum absolute atomic E-state index is 5.20. The third kappa shape index (κ3) is 5.99. The molecule has 0 aromatic heterocycles. The van der Waals surface area contributed by atoms with Crippen molar-refractivity contribution in [2.45, 2.75) is 19.4 Å². The number of hydrogen-bond acceptors (Lipinski definition) is 4. The number of hydrogen-bond donors (Lipinski definition) is 2. The van der Waals surface area contributed by atoms with E-state index >= 15 is 0 Å². The molecule has 3 fully saturated rings. The van der Waals surface area contributed by atoms with Crippen molar-refractivity contribution in [1.82, 2.24) is 20.4 Å². The van der Waals surface area contributed by atoms with Gasteiger partial charge in [0.15, 0.2) is 5.96 Å². The molecule has 26 heavy (non-hydrogen) atoms. The van der Waals surface area contributed by atoms with Gasteiger partial charge in [-0.15, -0.1) is 24.0 Å². The van der Waals surface area contributed by atoms with E-state index in [1.165, 1.54) is 31.7 Å². The summed E-state index contributed by atoms with van der Waals surface area (Å²) in [4.78, 5) is 9.97. The molecule has 1 atom stereocenters. The Kier molecular flexibility index (Phi) is 8.94. The Bertz CT molecular complexity index is 558. The van der Waals surface area contributed by atoms with Crippen molar-refractivity contribution in [3.63, 3.8) is 0 Å². The van der Waals surface area contributed by atoms with Crippen LogP contribution in [-0.2, 0) is 6.42 Å². The summed E-state index contributed by atoms with van der Waals surface area (Å²) in [5.41, 5.74) is 1.30. The maximum atomic E-state index is 5.20. The summed E-state index contributed by atoms with van der Waals surface area (Å²) in [6, 6.07) is 8.82. The fourth-order valence-corrected chi connectivity index (χ4v) is 3.55. The van der Waals surface area contributed by atoms with Crippen LogP contribution < -0.4 is 15.4 Å². The van der Waals surface area contributed by atoms with Gasteiger partial charge in [0.1, 0.15) is 5.75 Å². The third-order valence-electron chi connectivity index (χ3n) is 5.06. The second kappa shape index (κ2) is 10.9. The standard InChI is InChI=1S/C19H31N5O.HI/c1-3-20-19(21-9-8-16-4-6-18(25-2)7-5-16)22-14-17-15-23-10-12-24(17)13-11-23;/h4-7,17H,3,8-15H2,1-2H3,(H2,20,21,22);1H. The monoisotopic (exact) mass is 473 g/mol. The number of guanidine groups is 1. The molecule has 2 N–H and O–H groups in total. The number of benzene rings is 1. The van der Waals surface area contributed by atoms with Crippen LogP contribution in [0, 0.1) is 0 Å². The number of nitrogens with zero attached hydrogens (tertiary/aromatic N) is 3. The van der Waals surface area contributed by atoms with Crippen LogP contribution in [0.5, 0.6) is 5.75 Å². The number of rotatable bonds is 7. The highest BCUT2D eigenvalue weighted by atomic mass is 127. The van der Waals surface area contributed by atoms with Crippen molar-refractivity contribution in [1.29, 1.82) is 0 Å².